The summed E-state index contributed by atoms with van der Waals surface area (Å²) in [6.45, 7) is 2.65. The van der Waals surface area contributed by atoms with E-state index in [0.29, 0.717) is 63.9 Å². The molecule has 0 N–H and O–H groups in total. The Morgan fingerprint density at radius 3 is 2.39 bits per heavy atom. The molecule has 232 valence electrons. The van der Waals surface area contributed by atoms with Crippen molar-refractivity contribution in [1.29, 1.82) is 0 Å². The lowest BCUT2D eigenvalue weighted by atomic mass is 10.1. The van der Waals surface area contributed by atoms with Crippen LogP contribution in [0, 0.1) is 0 Å². The average Bonchev–Trinajstić information content (AvgIpc) is 3.77. The molecular formula is C32H26N6O6S2. The summed E-state index contributed by atoms with van der Waals surface area (Å²) in [5, 5.41) is 9.24. The number of benzene rings is 3. The van der Waals surface area contributed by atoms with Gasteiger partial charge in [0.1, 0.15) is 5.75 Å². The molecule has 3 aromatic heterocycles. The summed E-state index contributed by atoms with van der Waals surface area (Å²) in [4.78, 5) is 30.2. The Hall–Kier alpha value is -5.02. The fourth-order valence-corrected chi connectivity index (χ4v) is 7.44. The van der Waals surface area contributed by atoms with E-state index in [1.165, 1.54) is 27.1 Å². The zero-order valence-corrected chi connectivity index (χ0v) is 26.1. The minimum Gasteiger partial charge on any atom is -0.426 e. The van der Waals surface area contributed by atoms with Crippen LogP contribution in [0.3, 0.4) is 0 Å². The Morgan fingerprint density at radius 2 is 1.67 bits per heavy atom. The van der Waals surface area contributed by atoms with E-state index in [1.807, 2.05) is 36.5 Å². The van der Waals surface area contributed by atoms with Crippen molar-refractivity contribution in [3.63, 3.8) is 0 Å². The first-order valence-electron chi connectivity index (χ1n) is 14.3. The van der Waals surface area contributed by atoms with Gasteiger partial charge in [-0.15, -0.1) is 5.10 Å². The van der Waals surface area contributed by atoms with Crippen LogP contribution in [-0.4, -0.2) is 69.4 Å². The Bertz CT molecular complexity index is 2290. The van der Waals surface area contributed by atoms with E-state index in [9.17, 15) is 18.0 Å². The number of ether oxygens (including phenoxy) is 2. The summed E-state index contributed by atoms with van der Waals surface area (Å²) in [5.41, 5.74) is 2.83. The van der Waals surface area contributed by atoms with Crippen LogP contribution in [0.25, 0.3) is 39.4 Å². The highest BCUT2D eigenvalue weighted by Gasteiger charge is 2.26. The van der Waals surface area contributed by atoms with Gasteiger partial charge in [0, 0.05) is 37.3 Å². The normalized spacial score (nSPS) is 14.6. The third-order valence-electron chi connectivity index (χ3n) is 7.35. The quantitative estimate of drug-likeness (QED) is 0.188. The summed E-state index contributed by atoms with van der Waals surface area (Å²) in [6.07, 6.45) is 3.55. The molecule has 1 aliphatic heterocycles. The monoisotopic (exact) mass is 654 g/mol. The van der Waals surface area contributed by atoms with Crippen molar-refractivity contribution >= 4 is 38.4 Å². The summed E-state index contributed by atoms with van der Waals surface area (Å²) in [5.74, 6) is 0.0840. The van der Waals surface area contributed by atoms with Crippen LogP contribution in [0.4, 0.5) is 0 Å². The molecule has 0 unspecified atom stereocenters. The molecule has 0 spiro atoms. The smallest absolute Gasteiger partial charge is 0.308 e. The predicted molar refractivity (Wildman–Crippen MR) is 171 cm³/mol. The number of sulfonamides is 1. The van der Waals surface area contributed by atoms with E-state index in [1.54, 1.807) is 59.3 Å². The van der Waals surface area contributed by atoms with E-state index in [4.69, 9.17) is 14.6 Å². The number of thiazole rings is 1. The van der Waals surface area contributed by atoms with E-state index in [2.05, 4.69) is 10.1 Å². The summed E-state index contributed by atoms with van der Waals surface area (Å²) < 4.78 is 41.7. The zero-order valence-electron chi connectivity index (χ0n) is 24.4. The second-order valence-electron chi connectivity index (χ2n) is 10.4. The highest BCUT2D eigenvalue weighted by atomic mass is 32.2. The zero-order chi connectivity index (χ0) is 31.8. The predicted octanol–water partition coefficient (Wildman–Crippen LogP) is 3.16. The second kappa shape index (κ2) is 12.1. The van der Waals surface area contributed by atoms with Crippen LogP contribution < -0.4 is 14.8 Å². The van der Waals surface area contributed by atoms with Crippen LogP contribution >= 0.6 is 11.3 Å². The first-order chi connectivity index (χ1) is 22.3. The van der Waals surface area contributed by atoms with Gasteiger partial charge in [-0.25, -0.2) is 13.1 Å². The number of morpholine rings is 1. The van der Waals surface area contributed by atoms with Crippen LogP contribution in [-0.2, 0) is 19.6 Å². The van der Waals surface area contributed by atoms with Crippen molar-refractivity contribution < 1.29 is 22.7 Å². The number of carbonyl (C=O) groups is 1. The number of esters is 1. The van der Waals surface area contributed by atoms with Crippen LogP contribution in [0.1, 0.15) is 12.5 Å². The molecule has 0 amide bonds. The molecule has 0 atom stereocenters. The number of hydrogen-bond donors (Lipinski definition) is 0. The SMILES string of the molecule is CC(=O)Oc1ccccc1-c1nc2sc(=Cc3cn(-c4ccccc4)nc3-c3ccc(S(=O)(=O)N4CCOCC4)cc3)c(=O)n2n1. The minimum atomic E-state index is -3.66. The number of fused-ring (bicyclic) bond motifs is 1. The first kappa shape index (κ1) is 29.7. The Morgan fingerprint density at radius 1 is 0.957 bits per heavy atom. The third kappa shape index (κ3) is 5.63. The molecule has 0 radical (unpaired) electrons. The van der Waals surface area contributed by atoms with Gasteiger partial charge < -0.3 is 9.47 Å². The van der Waals surface area contributed by atoms with Gasteiger partial charge in [-0.2, -0.15) is 18.9 Å². The van der Waals surface area contributed by atoms with Gasteiger partial charge in [0.15, 0.2) is 5.82 Å². The molecule has 0 bridgehead atoms. The van der Waals surface area contributed by atoms with Crippen molar-refractivity contribution in [1.82, 2.24) is 28.7 Å². The Labute approximate surface area is 266 Å². The first-order valence-corrected chi connectivity index (χ1v) is 16.6. The maximum absolute atomic E-state index is 13.5. The second-order valence-corrected chi connectivity index (χ2v) is 13.3. The Kier molecular flexibility index (Phi) is 7.78. The van der Waals surface area contributed by atoms with E-state index < -0.39 is 16.0 Å². The summed E-state index contributed by atoms with van der Waals surface area (Å²) in [7, 11) is -3.66. The molecule has 0 aliphatic carbocycles. The highest BCUT2D eigenvalue weighted by molar-refractivity contribution is 7.89. The van der Waals surface area contributed by atoms with Gasteiger partial charge in [0.25, 0.3) is 5.56 Å². The minimum absolute atomic E-state index is 0.185. The standard InChI is InChI=1S/C32H26N6O6S2/c1-21(39)44-27-10-6-5-9-26(27)30-33-32-38(35-30)31(40)28(45-32)19-23-20-37(24-7-3-2-4-8-24)34-29(23)22-11-13-25(14-12-22)46(41,42)36-15-17-43-18-16-36/h2-14,19-20H,15-18H2,1H3. The van der Waals surface area contributed by atoms with Gasteiger partial charge in [-0.05, 0) is 42.5 Å². The van der Waals surface area contributed by atoms with Crippen molar-refractivity contribution in [2.75, 3.05) is 26.3 Å². The van der Waals surface area contributed by atoms with Crippen molar-refractivity contribution in [3.05, 3.63) is 106 Å². The van der Waals surface area contributed by atoms with Gasteiger partial charge in [-0.1, -0.05) is 53.8 Å². The number of nitrogens with zero attached hydrogens (tertiary/aromatic N) is 6. The molecule has 14 heteroatoms. The molecule has 0 saturated carbocycles. The van der Waals surface area contributed by atoms with Gasteiger partial charge in [0.05, 0.1) is 39.6 Å². The molecule has 1 aliphatic rings. The summed E-state index contributed by atoms with van der Waals surface area (Å²) >= 11 is 1.17. The topological polar surface area (TPSA) is 138 Å². The summed E-state index contributed by atoms with van der Waals surface area (Å²) in [6, 6.07) is 23.0. The van der Waals surface area contributed by atoms with E-state index >= 15 is 0 Å². The molecular weight excluding hydrogens is 629 g/mol. The van der Waals surface area contributed by atoms with Gasteiger partial charge >= 0.3 is 5.97 Å². The van der Waals surface area contributed by atoms with E-state index in [0.717, 1.165) is 5.69 Å². The highest BCUT2D eigenvalue weighted by Crippen LogP contribution is 2.29. The fraction of sp³-hybridized carbons (Fsp3) is 0.156. The van der Waals surface area contributed by atoms with Crippen molar-refractivity contribution in [2.24, 2.45) is 0 Å². The molecule has 1 saturated heterocycles. The number of hydrogen-bond acceptors (Lipinski definition) is 10. The number of para-hydroxylation sites is 2. The molecule has 7 rings (SSSR count). The molecule has 4 heterocycles. The third-order valence-corrected chi connectivity index (χ3v) is 10.2. The molecule has 46 heavy (non-hydrogen) atoms. The fourth-order valence-electron chi connectivity index (χ4n) is 5.14. The van der Waals surface area contributed by atoms with Gasteiger partial charge in [-0.3, -0.25) is 9.59 Å². The largest absolute Gasteiger partial charge is 0.426 e. The number of rotatable bonds is 7. The maximum Gasteiger partial charge on any atom is 0.308 e. The number of aromatic nitrogens is 5. The lowest BCUT2D eigenvalue weighted by Crippen LogP contribution is -2.40. The van der Waals surface area contributed by atoms with Crippen LogP contribution in [0.5, 0.6) is 5.75 Å². The molecule has 1 fully saturated rings. The Balaban J connectivity index is 1.29. The van der Waals surface area contributed by atoms with Crippen molar-refractivity contribution in [2.45, 2.75) is 11.8 Å². The van der Waals surface area contributed by atoms with Crippen molar-refractivity contribution in [3.8, 4) is 34.1 Å². The lowest BCUT2D eigenvalue weighted by Gasteiger charge is -2.26. The molecule has 3 aromatic carbocycles. The van der Waals surface area contributed by atoms with Crippen LogP contribution in [0.2, 0.25) is 0 Å². The van der Waals surface area contributed by atoms with E-state index in [-0.39, 0.29) is 16.3 Å². The van der Waals surface area contributed by atoms with Crippen LogP contribution in [0.15, 0.2) is 94.7 Å². The number of carbonyl (C=O) groups excluding carboxylic acids is 1. The lowest BCUT2D eigenvalue weighted by molar-refractivity contribution is -0.131. The molecule has 6 aromatic rings. The average molecular weight is 655 g/mol. The van der Waals surface area contributed by atoms with Gasteiger partial charge in [0.2, 0.25) is 15.0 Å². The maximum atomic E-state index is 13.5. The molecule has 12 nitrogen and oxygen atoms in total.